The molecule has 21 heavy (non-hydrogen) atoms. The number of pyridine rings is 1. The van der Waals surface area contributed by atoms with Crippen LogP contribution in [0.1, 0.15) is 33.2 Å². The molecule has 1 aromatic carbocycles. The fourth-order valence-corrected chi connectivity index (χ4v) is 2.43. The fourth-order valence-electron chi connectivity index (χ4n) is 2.43. The van der Waals surface area contributed by atoms with E-state index in [9.17, 15) is 14.4 Å². The summed E-state index contributed by atoms with van der Waals surface area (Å²) in [5, 5.41) is 2.14. The Kier molecular flexibility index (Phi) is 2.86. The van der Waals surface area contributed by atoms with Gasteiger partial charge in [-0.1, -0.05) is 19.1 Å². The molecule has 3 rings (SSSR count). The van der Waals surface area contributed by atoms with Gasteiger partial charge >= 0.3 is 0 Å². The number of benzene rings is 1. The van der Waals surface area contributed by atoms with Crippen LogP contribution < -0.4 is 16.6 Å². The van der Waals surface area contributed by atoms with Crippen LogP contribution in [0.5, 0.6) is 0 Å². The highest BCUT2D eigenvalue weighted by Crippen LogP contribution is 2.22. The lowest BCUT2D eigenvalue weighted by Crippen LogP contribution is -2.24. The molecule has 2 amide bonds. The molecule has 106 valence electrons. The molecular weight excluding hydrogens is 270 g/mol. The predicted octanol–water partition coefficient (Wildman–Crippen LogP) is 0.866. The Morgan fingerprint density at radius 3 is 2.38 bits per heavy atom. The molecule has 0 spiro atoms. The number of fused-ring (bicyclic) bond motifs is 1. The van der Waals surface area contributed by atoms with Crippen molar-refractivity contribution in [3.05, 3.63) is 57.4 Å². The quantitative estimate of drug-likeness (QED) is 0.799. The normalized spacial score (nSPS) is 13.2. The predicted molar refractivity (Wildman–Crippen MR) is 77.6 cm³/mol. The number of anilines is 1. The van der Waals surface area contributed by atoms with Gasteiger partial charge in [-0.2, -0.15) is 0 Å². The van der Waals surface area contributed by atoms with Gasteiger partial charge in [0.1, 0.15) is 5.82 Å². The van der Waals surface area contributed by atoms with Crippen LogP contribution in [0, 0.1) is 0 Å². The summed E-state index contributed by atoms with van der Waals surface area (Å²) in [4.78, 5) is 35.5. The highest BCUT2D eigenvalue weighted by Gasteiger charge is 2.31. The third-order valence-corrected chi connectivity index (χ3v) is 3.56. The molecule has 0 bridgehead atoms. The van der Waals surface area contributed by atoms with Crippen molar-refractivity contribution in [2.45, 2.75) is 13.3 Å². The Balaban J connectivity index is 2.24. The number of aromatic nitrogens is 1. The number of imide groups is 1. The van der Waals surface area contributed by atoms with Crippen LogP contribution in [0.15, 0.2) is 35.1 Å². The van der Waals surface area contributed by atoms with Crippen molar-refractivity contribution in [2.24, 2.45) is 0 Å². The molecule has 1 aliphatic rings. The van der Waals surface area contributed by atoms with E-state index in [1.54, 1.807) is 12.1 Å². The van der Waals surface area contributed by atoms with E-state index in [0.29, 0.717) is 5.69 Å². The van der Waals surface area contributed by atoms with Gasteiger partial charge in [0.05, 0.1) is 16.8 Å². The first kappa shape index (κ1) is 13.1. The van der Waals surface area contributed by atoms with Crippen LogP contribution in [0.4, 0.5) is 5.82 Å². The highest BCUT2D eigenvalue weighted by molar-refractivity contribution is 6.23. The Labute approximate surface area is 120 Å². The van der Waals surface area contributed by atoms with Crippen molar-refractivity contribution in [3.8, 4) is 5.69 Å². The summed E-state index contributed by atoms with van der Waals surface area (Å²) < 4.78 is 1.23. The minimum absolute atomic E-state index is 0.0231. The van der Waals surface area contributed by atoms with E-state index >= 15 is 0 Å². The van der Waals surface area contributed by atoms with Gasteiger partial charge in [-0.15, -0.1) is 0 Å². The summed E-state index contributed by atoms with van der Waals surface area (Å²) in [6, 6.07) is 8.44. The summed E-state index contributed by atoms with van der Waals surface area (Å²) in [5.74, 6) is -1.19. The molecule has 0 aliphatic carbocycles. The zero-order valence-electron chi connectivity index (χ0n) is 11.3. The van der Waals surface area contributed by atoms with Crippen LogP contribution in [0.25, 0.3) is 5.69 Å². The topological polar surface area (TPSA) is 94.2 Å². The highest BCUT2D eigenvalue weighted by atomic mass is 16.2. The fraction of sp³-hybridized carbons (Fsp3) is 0.133. The first-order chi connectivity index (χ1) is 10.0. The molecule has 1 aromatic heterocycles. The number of aryl methyl sites for hydroxylation is 1. The van der Waals surface area contributed by atoms with Crippen molar-refractivity contribution >= 4 is 17.6 Å². The molecule has 0 fully saturated rings. The average Bonchev–Trinajstić information content (AvgIpc) is 2.74. The SMILES string of the molecule is CCc1ccc(-n2c(N)c3c(cc2=O)C(=O)NC3=O)cc1. The second-order valence-corrected chi connectivity index (χ2v) is 4.80. The van der Waals surface area contributed by atoms with Crippen molar-refractivity contribution in [1.82, 2.24) is 9.88 Å². The van der Waals surface area contributed by atoms with Gasteiger partial charge < -0.3 is 5.73 Å². The van der Waals surface area contributed by atoms with Gasteiger partial charge in [-0.3, -0.25) is 24.3 Å². The molecule has 6 heteroatoms. The third-order valence-electron chi connectivity index (χ3n) is 3.56. The van der Waals surface area contributed by atoms with Crippen LogP contribution in [-0.2, 0) is 6.42 Å². The maximum absolute atomic E-state index is 12.2. The summed E-state index contributed by atoms with van der Waals surface area (Å²) in [6.45, 7) is 2.03. The van der Waals surface area contributed by atoms with E-state index in [1.807, 2.05) is 19.1 Å². The van der Waals surface area contributed by atoms with E-state index in [2.05, 4.69) is 5.32 Å². The molecule has 0 unspecified atom stereocenters. The lowest BCUT2D eigenvalue weighted by atomic mass is 10.1. The van der Waals surface area contributed by atoms with E-state index in [1.165, 1.54) is 4.57 Å². The van der Waals surface area contributed by atoms with Crippen molar-refractivity contribution in [3.63, 3.8) is 0 Å². The molecule has 2 heterocycles. The Hall–Kier alpha value is -2.89. The number of rotatable bonds is 2. The molecular formula is C15H13N3O3. The van der Waals surface area contributed by atoms with E-state index in [4.69, 9.17) is 5.73 Å². The number of nitrogens with zero attached hydrogens (tertiary/aromatic N) is 1. The van der Waals surface area contributed by atoms with Crippen LogP contribution >= 0.6 is 0 Å². The summed E-state index contributed by atoms with van der Waals surface area (Å²) >= 11 is 0. The largest absolute Gasteiger partial charge is 0.384 e. The minimum Gasteiger partial charge on any atom is -0.384 e. The molecule has 3 N–H and O–H groups in total. The second kappa shape index (κ2) is 4.59. The van der Waals surface area contributed by atoms with E-state index < -0.39 is 17.4 Å². The number of carbonyl (C=O) groups excluding carboxylic acids is 2. The van der Waals surface area contributed by atoms with Gasteiger partial charge in [0.2, 0.25) is 0 Å². The number of carbonyl (C=O) groups is 2. The maximum Gasteiger partial charge on any atom is 0.262 e. The molecule has 0 atom stereocenters. The van der Waals surface area contributed by atoms with Crippen molar-refractivity contribution < 1.29 is 9.59 Å². The lowest BCUT2D eigenvalue weighted by molar-refractivity contribution is 0.0880. The molecule has 0 radical (unpaired) electrons. The number of amides is 2. The van der Waals surface area contributed by atoms with Crippen molar-refractivity contribution in [2.75, 3.05) is 5.73 Å². The molecule has 2 aromatic rings. The van der Waals surface area contributed by atoms with Crippen LogP contribution in [-0.4, -0.2) is 16.4 Å². The van der Waals surface area contributed by atoms with Crippen LogP contribution in [0.3, 0.4) is 0 Å². The lowest BCUT2D eigenvalue weighted by Gasteiger charge is -2.12. The Bertz CT molecular complexity index is 819. The third kappa shape index (κ3) is 1.92. The van der Waals surface area contributed by atoms with Crippen molar-refractivity contribution in [1.29, 1.82) is 0 Å². The second-order valence-electron chi connectivity index (χ2n) is 4.80. The molecule has 6 nitrogen and oxygen atoms in total. The number of hydrogen-bond acceptors (Lipinski definition) is 4. The first-order valence-corrected chi connectivity index (χ1v) is 6.53. The van der Waals surface area contributed by atoms with Gasteiger partial charge in [0, 0.05) is 6.07 Å². The minimum atomic E-state index is -0.590. The van der Waals surface area contributed by atoms with Crippen LogP contribution in [0.2, 0.25) is 0 Å². The molecule has 0 saturated heterocycles. The number of nitrogens with one attached hydrogen (secondary N) is 1. The van der Waals surface area contributed by atoms with Gasteiger partial charge in [0.15, 0.2) is 0 Å². The van der Waals surface area contributed by atoms with Gasteiger partial charge in [0.25, 0.3) is 17.4 Å². The van der Waals surface area contributed by atoms with Gasteiger partial charge in [-0.05, 0) is 24.1 Å². The average molecular weight is 283 g/mol. The molecule has 1 aliphatic heterocycles. The Morgan fingerprint density at radius 2 is 1.76 bits per heavy atom. The first-order valence-electron chi connectivity index (χ1n) is 6.53. The standard InChI is InChI=1S/C15H13N3O3/c1-2-8-3-5-9(6-4-8)18-11(19)7-10-12(13(18)16)15(21)17-14(10)20/h3-7H,2,16H2,1H3,(H,17,20,21). The van der Waals surface area contributed by atoms with Gasteiger partial charge in [-0.25, -0.2) is 0 Å². The summed E-state index contributed by atoms with van der Waals surface area (Å²) in [6.07, 6.45) is 0.881. The zero-order valence-corrected chi connectivity index (χ0v) is 11.3. The number of hydrogen-bond donors (Lipinski definition) is 2. The molecule has 0 saturated carbocycles. The summed E-state index contributed by atoms with van der Waals surface area (Å²) in [7, 11) is 0. The maximum atomic E-state index is 12.2. The van der Waals surface area contributed by atoms with E-state index in [0.717, 1.165) is 18.1 Å². The number of nitrogens with two attached hydrogens (primary N) is 1. The monoisotopic (exact) mass is 283 g/mol. The zero-order chi connectivity index (χ0) is 15.1. The smallest absolute Gasteiger partial charge is 0.262 e. The Morgan fingerprint density at radius 1 is 1.10 bits per heavy atom. The number of nitrogen functional groups attached to an aromatic ring is 1. The van der Waals surface area contributed by atoms with E-state index in [-0.39, 0.29) is 16.9 Å². The summed E-state index contributed by atoms with van der Waals surface area (Å²) in [5.41, 5.74) is 7.27.